The number of carbonyl (C=O) groups excluding carboxylic acids is 1. The third-order valence-electron chi connectivity index (χ3n) is 3.03. The van der Waals surface area contributed by atoms with E-state index in [4.69, 9.17) is 44.8 Å². The Morgan fingerprint density at radius 2 is 0.926 bits per heavy atom. The van der Waals surface area contributed by atoms with E-state index in [0.29, 0.717) is 91.6 Å². The van der Waals surface area contributed by atoms with Crippen LogP contribution in [-0.4, -0.2) is 97.7 Å². The van der Waals surface area contributed by atoms with Gasteiger partial charge in [0.05, 0.1) is 79.3 Å². The van der Waals surface area contributed by atoms with Crippen LogP contribution in [0.1, 0.15) is 19.8 Å². The van der Waals surface area contributed by atoms with Crippen LogP contribution in [0, 0.1) is 0 Å². The Morgan fingerprint density at radius 3 is 1.26 bits per heavy atom. The Kier molecular flexibility index (Phi) is 23.1. The highest BCUT2D eigenvalue weighted by Gasteiger charge is 1.99. The molecule has 0 atom stereocenters. The summed E-state index contributed by atoms with van der Waals surface area (Å²) in [7, 11) is 0. The van der Waals surface area contributed by atoms with Gasteiger partial charge in [0, 0.05) is 12.3 Å². The van der Waals surface area contributed by atoms with Crippen molar-refractivity contribution in [3.05, 3.63) is 0 Å². The van der Waals surface area contributed by atoms with Gasteiger partial charge in [0.1, 0.15) is 6.61 Å². The number of hydrogen-bond donors (Lipinski definition) is 0. The molecule has 0 saturated heterocycles. The van der Waals surface area contributed by atoms with Crippen LogP contribution in [0.5, 0.6) is 0 Å². The van der Waals surface area contributed by atoms with Crippen molar-refractivity contribution in [2.75, 3.05) is 91.8 Å². The molecule has 162 valence electrons. The number of carbonyl (C=O) groups is 1. The quantitative estimate of drug-likeness (QED) is 0.150. The third-order valence-corrected chi connectivity index (χ3v) is 3.18. The van der Waals surface area contributed by atoms with Crippen LogP contribution in [-0.2, 0) is 38.0 Å². The van der Waals surface area contributed by atoms with Crippen molar-refractivity contribution in [3.63, 3.8) is 0 Å². The van der Waals surface area contributed by atoms with Crippen molar-refractivity contribution in [1.82, 2.24) is 0 Å². The summed E-state index contributed by atoms with van der Waals surface area (Å²) in [6, 6.07) is 0. The molecule has 0 aliphatic carbocycles. The Balaban J connectivity index is 3.02. The molecule has 0 saturated carbocycles. The molecule has 0 fully saturated rings. The lowest BCUT2D eigenvalue weighted by molar-refractivity contribution is -0.145. The molecule has 0 aliphatic rings. The number of hydrogen-bond acceptors (Lipinski definition) is 8. The summed E-state index contributed by atoms with van der Waals surface area (Å²) in [4.78, 5) is 11.1. The summed E-state index contributed by atoms with van der Waals surface area (Å²) in [6.45, 7) is 8.30. The average molecular weight is 415 g/mol. The lowest BCUT2D eigenvalue weighted by Crippen LogP contribution is -2.15. The monoisotopic (exact) mass is 414 g/mol. The van der Waals surface area contributed by atoms with Gasteiger partial charge in [-0.3, -0.25) is 4.79 Å². The molecule has 0 aliphatic heterocycles. The van der Waals surface area contributed by atoms with Crippen LogP contribution in [0.4, 0.5) is 0 Å². The van der Waals surface area contributed by atoms with Gasteiger partial charge < -0.3 is 33.2 Å². The van der Waals surface area contributed by atoms with E-state index in [1.807, 2.05) is 6.92 Å². The van der Waals surface area contributed by atoms with Crippen LogP contribution in [0.15, 0.2) is 0 Å². The van der Waals surface area contributed by atoms with Gasteiger partial charge in [0.15, 0.2) is 0 Å². The predicted molar refractivity (Wildman–Crippen MR) is 102 cm³/mol. The first-order valence-electron chi connectivity index (χ1n) is 9.49. The summed E-state index contributed by atoms with van der Waals surface area (Å²) in [6.07, 6.45) is 1.24. The van der Waals surface area contributed by atoms with Gasteiger partial charge in [-0.2, -0.15) is 0 Å². The zero-order valence-corrected chi connectivity index (χ0v) is 17.2. The number of alkyl halides is 1. The lowest BCUT2D eigenvalue weighted by Gasteiger charge is -2.08. The molecule has 0 bridgehead atoms. The second-order valence-corrected chi connectivity index (χ2v) is 5.71. The number of esters is 1. The fourth-order valence-corrected chi connectivity index (χ4v) is 1.86. The van der Waals surface area contributed by atoms with Gasteiger partial charge in [-0.1, -0.05) is 6.92 Å². The van der Waals surface area contributed by atoms with E-state index in [9.17, 15) is 4.79 Å². The van der Waals surface area contributed by atoms with Gasteiger partial charge in [-0.15, -0.1) is 11.6 Å². The van der Waals surface area contributed by atoms with Crippen LogP contribution >= 0.6 is 11.6 Å². The molecule has 9 heteroatoms. The fourth-order valence-electron chi connectivity index (χ4n) is 1.75. The molecule has 0 spiro atoms. The highest BCUT2D eigenvalue weighted by molar-refractivity contribution is 6.17. The molecular weight excluding hydrogens is 380 g/mol. The maximum absolute atomic E-state index is 11.1. The zero-order chi connectivity index (χ0) is 19.8. The lowest BCUT2D eigenvalue weighted by atomic mass is 10.3. The Bertz CT molecular complexity index is 307. The maximum Gasteiger partial charge on any atom is 0.305 e. The minimum absolute atomic E-state index is 0.182. The first-order chi connectivity index (χ1) is 13.3. The molecule has 0 aromatic rings. The smallest absolute Gasteiger partial charge is 0.305 e. The molecule has 8 nitrogen and oxygen atoms in total. The van der Waals surface area contributed by atoms with Gasteiger partial charge >= 0.3 is 5.97 Å². The first-order valence-corrected chi connectivity index (χ1v) is 10.0. The van der Waals surface area contributed by atoms with Crippen molar-refractivity contribution >= 4 is 17.6 Å². The highest BCUT2D eigenvalue weighted by Crippen LogP contribution is 1.91. The van der Waals surface area contributed by atoms with Crippen LogP contribution in [0.2, 0.25) is 0 Å². The van der Waals surface area contributed by atoms with Crippen molar-refractivity contribution in [3.8, 4) is 0 Å². The van der Waals surface area contributed by atoms with E-state index in [2.05, 4.69) is 0 Å². The molecule has 0 heterocycles. The van der Waals surface area contributed by atoms with E-state index in [1.165, 1.54) is 0 Å². The second-order valence-electron chi connectivity index (χ2n) is 5.33. The number of ether oxygens (including phenoxy) is 7. The molecule has 0 radical (unpaired) electrons. The topological polar surface area (TPSA) is 81.7 Å². The molecule has 0 amide bonds. The Labute approximate surface area is 167 Å². The van der Waals surface area contributed by atoms with Crippen molar-refractivity contribution in [2.24, 2.45) is 0 Å². The van der Waals surface area contributed by atoms with E-state index >= 15 is 0 Å². The van der Waals surface area contributed by atoms with Crippen molar-refractivity contribution in [2.45, 2.75) is 19.8 Å². The largest absolute Gasteiger partial charge is 0.463 e. The van der Waals surface area contributed by atoms with Crippen LogP contribution in [0.25, 0.3) is 0 Å². The Morgan fingerprint density at radius 1 is 0.593 bits per heavy atom. The zero-order valence-electron chi connectivity index (χ0n) is 16.5. The van der Waals surface area contributed by atoms with E-state index in [-0.39, 0.29) is 12.6 Å². The molecule has 0 aromatic heterocycles. The van der Waals surface area contributed by atoms with E-state index < -0.39 is 0 Å². The van der Waals surface area contributed by atoms with Gasteiger partial charge in [0.2, 0.25) is 0 Å². The maximum atomic E-state index is 11.1. The third kappa shape index (κ3) is 23.5. The minimum atomic E-state index is -0.182. The summed E-state index contributed by atoms with van der Waals surface area (Å²) in [5.41, 5.74) is 0. The SMILES string of the molecule is CCCC(=O)OCCOCCOCCOCCOCCOCCOCCCl. The standard InChI is InChI=1S/C18H35ClO8/c1-2-3-18(20)27-17-16-26-15-14-25-13-12-24-11-10-23-9-8-22-7-6-21-5-4-19/h2-17H2,1H3. The normalized spacial score (nSPS) is 11.0. The number of halogens is 1. The fraction of sp³-hybridized carbons (Fsp3) is 0.944. The van der Waals surface area contributed by atoms with Gasteiger partial charge in [-0.25, -0.2) is 0 Å². The average Bonchev–Trinajstić information content (AvgIpc) is 2.66. The van der Waals surface area contributed by atoms with E-state index in [0.717, 1.165) is 6.42 Å². The van der Waals surface area contributed by atoms with Gasteiger partial charge in [-0.05, 0) is 6.42 Å². The van der Waals surface area contributed by atoms with Gasteiger partial charge in [0.25, 0.3) is 0 Å². The summed E-state index contributed by atoms with van der Waals surface area (Å²) >= 11 is 5.48. The second kappa shape index (κ2) is 23.6. The molecule has 0 N–H and O–H groups in total. The highest BCUT2D eigenvalue weighted by atomic mass is 35.5. The van der Waals surface area contributed by atoms with Crippen molar-refractivity contribution in [1.29, 1.82) is 0 Å². The summed E-state index contributed by atoms with van der Waals surface area (Å²) in [5, 5.41) is 0. The minimum Gasteiger partial charge on any atom is -0.463 e. The molecule has 0 unspecified atom stereocenters. The van der Waals surface area contributed by atoms with Crippen molar-refractivity contribution < 1.29 is 38.0 Å². The predicted octanol–water partition coefficient (Wildman–Crippen LogP) is 1.67. The molecule has 27 heavy (non-hydrogen) atoms. The summed E-state index contributed by atoms with van der Waals surface area (Å²) < 4.78 is 36.8. The van der Waals surface area contributed by atoms with Crippen LogP contribution in [0.3, 0.4) is 0 Å². The molecule has 0 aromatic carbocycles. The number of rotatable bonds is 22. The molecular formula is C18H35ClO8. The molecule has 0 rings (SSSR count). The van der Waals surface area contributed by atoms with E-state index in [1.54, 1.807) is 0 Å². The first kappa shape index (κ1) is 26.5. The Hall–Kier alpha value is -0.480. The van der Waals surface area contributed by atoms with Crippen LogP contribution < -0.4 is 0 Å². The summed E-state index contributed by atoms with van der Waals surface area (Å²) in [5.74, 6) is 0.318.